The fourth-order valence-corrected chi connectivity index (χ4v) is 4.03. The van der Waals surface area contributed by atoms with E-state index in [0.717, 1.165) is 4.47 Å². The molecule has 0 aliphatic heterocycles. The number of nitrogens with one attached hydrogen (secondary N) is 1. The lowest BCUT2D eigenvalue weighted by atomic mass is 10.2. The molecule has 1 N–H and O–H groups in total. The number of hydrogen-bond donors (Lipinski definition) is 1. The van der Waals surface area contributed by atoms with Gasteiger partial charge in [-0.25, -0.2) is 13.2 Å². The number of anilines is 1. The van der Waals surface area contributed by atoms with Crippen LogP contribution in [0, 0.1) is 13.8 Å². The fourth-order valence-electron chi connectivity index (χ4n) is 2.48. The summed E-state index contributed by atoms with van der Waals surface area (Å²) in [6, 6.07) is 10.5. The van der Waals surface area contributed by atoms with E-state index in [-0.39, 0.29) is 22.1 Å². The Labute approximate surface area is 181 Å². The molecule has 0 radical (unpaired) electrons. The quantitative estimate of drug-likeness (QED) is 0.486. The third kappa shape index (κ3) is 4.98. The van der Waals surface area contributed by atoms with Crippen LogP contribution in [0.5, 0.6) is 0 Å². The van der Waals surface area contributed by atoms with Gasteiger partial charge in [-0.15, -0.1) is 0 Å². The van der Waals surface area contributed by atoms with E-state index in [1.807, 2.05) is 0 Å². The normalized spacial score (nSPS) is 11.3. The summed E-state index contributed by atoms with van der Waals surface area (Å²) in [5.41, 5.74) is 1.58. The van der Waals surface area contributed by atoms with E-state index in [2.05, 4.69) is 25.8 Å². The lowest BCUT2D eigenvalue weighted by Crippen LogP contribution is -2.14. The van der Waals surface area contributed by atoms with E-state index in [1.54, 1.807) is 38.1 Å². The van der Waals surface area contributed by atoms with Crippen molar-refractivity contribution in [3.05, 3.63) is 74.5 Å². The summed E-state index contributed by atoms with van der Waals surface area (Å²) in [4.78, 5) is 12.4. The van der Waals surface area contributed by atoms with Crippen LogP contribution in [-0.2, 0) is 21.4 Å². The Kier molecular flexibility index (Phi) is 6.30. The number of carbonyl (C=O) groups excluding carboxylic acids is 1. The first-order valence-corrected chi connectivity index (χ1v) is 11.0. The van der Waals surface area contributed by atoms with Gasteiger partial charge in [0, 0.05) is 10.2 Å². The first-order valence-electron chi connectivity index (χ1n) is 8.34. The first kappa shape index (κ1) is 21.4. The number of aryl methyl sites for hydroxylation is 2. The van der Waals surface area contributed by atoms with E-state index in [9.17, 15) is 13.2 Å². The molecule has 3 aromatic rings. The van der Waals surface area contributed by atoms with Crippen LogP contribution in [0.4, 0.5) is 5.69 Å². The lowest BCUT2D eigenvalue weighted by molar-refractivity contribution is 0.0470. The van der Waals surface area contributed by atoms with Gasteiger partial charge in [-0.2, -0.15) is 0 Å². The van der Waals surface area contributed by atoms with Crippen LogP contribution < -0.4 is 4.72 Å². The van der Waals surface area contributed by atoms with Gasteiger partial charge in [0.2, 0.25) is 0 Å². The third-order valence-corrected chi connectivity index (χ3v) is 6.33. The van der Waals surface area contributed by atoms with Crippen molar-refractivity contribution in [3.63, 3.8) is 0 Å². The van der Waals surface area contributed by atoms with Gasteiger partial charge in [0.25, 0.3) is 10.0 Å². The van der Waals surface area contributed by atoms with Crippen LogP contribution in [0.1, 0.15) is 27.4 Å². The maximum absolute atomic E-state index is 12.7. The Bertz CT molecular complexity index is 1140. The Balaban J connectivity index is 1.81. The van der Waals surface area contributed by atoms with Gasteiger partial charge in [0.1, 0.15) is 12.4 Å². The number of rotatable bonds is 6. The molecule has 1 aromatic heterocycles. The Hall–Kier alpha value is -2.36. The number of nitrogens with zero attached hydrogens (tertiary/aromatic N) is 1. The van der Waals surface area contributed by atoms with Crippen molar-refractivity contribution in [1.29, 1.82) is 0 Å². The van der Waals surface area contributed by atoms with Gasteiger partial charge >= 0.3 is 5.97 Å². The Morgan fingerprint density at radius 1 is 1.21 bits per heavy atom. The molecule has 0 unspecified atom stereocenters. The molecule has 7 nitrogen and oxygen atoms in total. The minimum Gasteiger partial charge on any atom is -0.457 e. The highest BCUT2D eigenvalue weighted by Gasteiger charge is 2.21. The summed E-state index contributed by atoms with van der Waals surface area (Å²) in [6.07, 6.45) is 0. The van der Waals surface area contributed by atoms with E-state index in [4.69, 9.17) is 20.9 Å². The molecule has 0 saturated heterocycles. The second-order valence-corrected chi connectivity index (χ2v) is 9.14. The van der Waals surface area contributed by atoms with Gasteiger partial charge in [-0.1, -0.05) is 32.7 Å². The van der Waals surface area contributed by atoms with Crippen LogP contribution in [0.25, 0.3) is 0 Å². The first-order chi connectivity index (χ1) is 13.7. The molecule has 29 heavy (non-hydrogen) atoms. The van der Waals surface area contributed by atoms with Crippen LogP contribution in [0.2, 0.25) is 5.02 Å². The van der Waals surface area contributed by atoms with Gasteiger partial charge in [-0.05, 0) is 56.3 Å². The molecule has 0 aliphatic rings. The number of benzene rings is 2. The molecule has 10 heteroatoms. The van der Waals surface area contributed by atoms with Gasteiger partial charge < -0.3 is 9.26 Å². The lowest BCUT2D eigenvalue weighted by Gasteiger charge is -2.11. The molecule has 0 atom stereocenters. The molecule has 0 aliphatic carbocycles. The summed E-state index contributed by atoms with van der Waals surface area (Å²) in [5.74, 6) is -0.216. The third-order valence-electron chi connectivity index (χ3n) is 4.09. The molecule has 0 amide bonds. The number of halogens is 2. The summed E-state index contributed by atoms with van der Waals surface area (Å²) < 4.78 is 38.9. The van der Waals surface area contributed by atoms with Crippen molar-refractivity contribution in [2.75, 3.05) is 4.72 Å². The second-order valence-electron chi connectivity index (χ2n) is 6.13. The van der Waals surface area contributed by atoms with Crippen molar-refractivity contribution in [2.45, 2.75) is 25.3 Å². The average Bonchev–Trinajstić information content (AvgIpc) is 2.99. The molecule has 152 valence electrons. The second kappa shape index (κ2) is 8.56. The molecule has 0 bridgehead atoms. The smallest absolute Gasteiger partial charge is 0.340 e. The van der Waals surface area contributed by atoms with Crippen molar-refractivity contribution in [2.24, 2.45) is 0 Å². The molecule has 0 fully saturated rings. The Morgan fingerprint density at radius 2 is 1.90 bits per heavy atom. The molecule has 1 heterocycles. The summed E-state index contributed by atoms with van der Waals surface area (Å²) in [6.45, 7) is 3.37. The fraction of sp³-hybridized carbons (Fsp3) is 0.158. The number of ether oxygens (including phenoxy) is 1. The zero-order chi connectivity index (χ0) is 21.2. The summed E-state index contributed by atoms with van der Waals surface area (Å²) >= 11 is 9.38. The van der Waals surface area contributed by atoms with Crippen molar-refractivity contribution in [3.8, 4) is 0 Å². The number of carbonyl (C=O) groups is 1. The summed E-state index contributed by atoms with van der Waals surface area (Å²) in [5, 5.41) is 3.87. The highest BCUT2D eigenvalue weighted by molar-refractivity contribution is 9.10. The Morgan fingerprint density at radius 3 is 2.52 bits per heavy atom. The largest absolute Gasteiger partial charge is 0.457 e. The van der Waals surface area contributed by atoms with E-state index >= 15 is 0 Å². The predicted molar refractivity (Wildman–Crippen MR) is 111 cm³/mol. The number of aromatic nitrogens is 1. The average molecular weight is 500 g/mol. The number of hydrogen-bond acceptors (Lipinski definition) is 6. The summed E-state index contributed by atoms with van der Waals surface area (Å²) in [7, 11) is -3.93. The zero-order valence-electron chi connectivity index (χ0n) is 15.4. The number of esters is 1. The molecule has 2 aromatic carbocycles. The van der Waals surface area contributed by atoms with Gasteiger partial charge in [0.05, 0.1) is 26.7 Å². The molecule has 0 spiro atoms. The molecule has 3 rings (SSSR count). The van der Waals surface area contributed by atoms with Crippen LogP contribution in [0.3, 0.4) is 0 Å². The number of sulfonamides is 1. The van der Waals surface area contributed by atoms with Crippen LogP contribution >= 0.6 is 27.5 Å². The van der Waals surface area contributed by atoms with Crippen LogP contribution in [0.15, 0.2) is 56.4 Å². The predicted octanol–water partition coefficient (Wildman–Crippen LogP) is 4.87. The standard InChI is InChI=1S/C19H16BrClN2O5S/c1-11-17(12(2)28-22-11)10-27-19(24)16-9-15(7-8-18(16)21)29(25,26)23-14-5-3-13(20)4-6-14/h3-9,23H,10H2,1-2H3. The SMILES string of the molecule is Cc1noc(C)c1COC(=O)c1cc(S(=O)(=O)Nc2ccc(Br)cc2)ccc1Cl. The maximum Gasteiger partial charge on any atom is 0.340 e. The maximum atomic E-state index is 12.7. The topological polar surface area (TPSA) is 98.5 Å². The van der Waals surface area contributed by atoms with E-state index in [0.29, 0.717) is 22.7 Å². The van der Waals surface area contributed by atoms with Crippen molar-refractivity contribution >= 4 is 49.2 Å². The van der Waals surface area contributed by atoms with Crippen LogP contribution in [-0.4, -0.2) is 19.5 Å². The van der Waals surface area contributed by atoms with Crippen molar-refractivity contribution in [1.82, 2.24) is 5.16 Å². The minimum absolute atomic E-state index is 0.0582. The van der Waals surface area contributed by atoms with Gasteiger partial charge in [-0.3, -0.25) is 4.72 Å². The molecular formula is C19H16BrClN2O5S. The van der Waals surface area contributed by atoms with Gasteiger partial charge in [0.15, 0.2) is 0 Å². The van der Waals surface area contributed by atoms with E-state index < -0.39 is 16.0 Å². The molecular weight excluding hydrogens is 484 g/mol. The highest BCUT2D eigenvalue weighted by atomic mass is 79.9. The van der Waals surface area contributed by atoms with E-state index in [1.165, 1.54) is 18.2 Å². The highest BCUT2D eigenvalue weighted by Crippen LogP contribution is 2.24. The monoisotopic (exact) mass is 498 g/mol. The molecule has 0 saturated carbocycles. The zero-order valence-corrected chi connectivity index (χ0v) is 18.6. The minimum atomic E-state index is -3.93. The van der Waals surface area contributed by atoms with Crippen molar-refractivity contribution < 1.29 is 22.5 Å².